The standard InChI is InChI=1S/C15H11Cl2IN2O2/c16-11-4-5-14(13(17)7-11)22-9-15(21)20-19-8-10-2-1-3-12(18)6-10/h1-8H,9H2,(H,20,21)/b19-8-. The van der Waals surface area contributed by atoms with E-state index >= 15 is 0 Å². The lowest BCUT2D eigenvalue weighted by atomic mass is 10.2. The number of benzene rings is 2. The van der Waals surface area contributed by atoms with Crippen LogP contribution in [0.2, 0.25) is 10.0 Å². The SMILES string of the molecule is O=C(COc1ccc(Cl)cc1Cl)N/N=C\c1cccc(I)c1. The minimum absolute atomic E-state index is 0.189. The number of hydrogen-bond donors (Lipinski definition) is 1. The van der Waals surface area contributed by atoms with Gasteiger partial charge in [-0.1, -0.05) is 35.3 Å². The van der Waals surface area contributed by atoms with Crippen LogP contribution in [0.25, 0.3) is 0 Å². The van der Waals surface area contributed by atoms with Crippen LogP contribution in [0.4, 0.5) is 0 Å². The van der Waals surface area contributed by atoms with Gasteiger partial charge in [0.15, 0.2) is 6.61 Å². The van der Waals surface area contributed by atoms with Crippen molar-refractivity contribution in [1.29, 1.82) is 0 Å². The molecule has 0 aliphatic rings. The Kier molecular flexibility index (Phi) is 6.48. The van der Waals surface area contributed by atoms with Crippen LogP contribution in [0.3, 0.4) is 0 Å². The van der Waals surface area contributed by atoms with E-state index in [1.54, 1.807) is 24.4 Å². The first-order valence-electron chi connectivity index (χ1n) is 6.20. The van der Waals surface area contributed by atoms with Gasteiger partial charge in [0.2, 0.25) is 0 Å². The van der Waals surface area contributed by atoms with Crippen molar-refractivity contribution in [2.75, 3.05) is 6.61 Å². The van der Waals surface area contributed by atoms with Gasteiger partial charge in [0, 0.05) is 8.59 Å². The van der Waals surface area contributed by atoms with Crippen LogP contribution >= 0.6 is 45.8 Å². The molecule has 0 heterocycles. The molecule has 0 unspecified atom stereocenters. The third-order valence-corrected chi connectivity index (χ3v) is 3.71. The number of hydrogen-bond acceptors (Lipinski definition) is 3. The highest BCUT2D eigenvalue weighted by Gasteiger charge is 2.05. The third kappa shape index (κ3) is 5.47. The number of halogens is 3. The monoisotopic (exact) mass is 448 g/mol. The molecule has 114 valence electrons. The number of carbonyl (C=O) groups is 1. The van der Waals surface area contributed by atoms with Crippen LogP contribution in [0.1, 0.15) is 5.56 Å². The van der Waals surface area contributed by atoms with Gasteiger partial charge in [-0.2, -0.15) is 5.10 Å². The molecule has 1 N–H and O–H groups in total. The normalized spacial score (nSPS) is 10.7. The Bertz CT molecular complexity index is 708. The van der Waals surface area contributed by atoms with Gasteiger partial charge in [-0.15, -0.1) is 0 Å². The van der Waals surface area contributed by atoms with E-state index in [0.29, 0.717) is 15.8 Å². The van der Waals surface area contributed by atoms with E-state index in [1.807, 2.05) is 24.3 Å². The molecule has 2 aromatic carbocycles. The van der Waals surface area contributed by atoms with Crippen molar-refractivity contribution in [2.24, 2.45) is 5.10 Å². The zero-order chi connectivity index (χ0) is 15.9. The van der Waals surface area contributed by atoms with Crippen LogP contribution < -0.4 is 10.2 Å². The second-order valence-electron chi connectivity index (χ2n) is 4.21. The summed E-state index contributed by atoms with van der Waals surface area (Å²) in [6, 6.07) is 12.5. The second-order valence-corrected chi connectivity index (χ2v) is 6.30. The molecule has 0 radical (unpaired) electrons. The van der Waals surface area contributed by atoms with Crippen LogP contribution in [-0.4, -0.2) is 18.7 Å². The summed E-state index contributed by atoms with van der Waals surface area (Å²) in [5.74, 6) is 0.00991. The summed E-state index contributed by atoms with van der Waals surface area (Å²) in [7, 11) is 0. The van der Waals surface area contributed by atoms with Gasteiger partial charge in [-0.25, -0.2) is 5.43 Å². The maximum Gasteiger partial charge on any atom is 0.277 e. The average Bonchev–Trinajstić information content (AvgIpc) is 2.46. The van der Waals surface area contributed by atoms with E-state index in [9.17, 15) is 4.79 Å². The fourth-order valence-electron chi connectivity index (χ4n) is 1.53. The number of amides is 1. The summed E-state index contributed by atoms with van der Waals surface area (Å²) in [6.45, 7) is -0.189. The smallest absolute Gasteiger partial charge is 0.277 e. The molecule has 22 heavy (non-hydrogen) atoms. The van der Waals surface area contributed by atoms with Crippen molar-refractivity contribution in [3.8, 4) is 5.75 Å². The Labute approximate surface area is 151 Å². The van der Waals surface area contributed by atoms with E-state index in [4.69, 9.17) is 27.9 Å². The molecule has 0 aromatic heterocycles. The quantitative estimate of drug-likeness (QED) is 0.424. The molecular formula is C15H11Cl2IN2O2. The zero-order valence-corrected chi connectivity index (χ0v) is 14.9. The Balaban J connectivity index is 1.83. The molecule has 0 saturated carbocycles. The predicted molar refractivity (Wildman–Crippen MR) is 96.9 cm³/mol. The zero-order valence-electron chi connectivity index (χ0n) is 11.2. The highest BCUT2D eigenvalue weighted by molar-refractivity contribution is 14.1. The van der Waals surface area contributed by atoms with Crippen LogP contribution in [0.5, 0.6) is 5.75 Å². The Morgan fingerprint density at radius 1 is 1.27 bits per heavy atom. The largest absolute Gasteiger partial charge is 0.482 e. The topological polar surface area (TPSA) is 50.7 Å². The maximum absolute atomic E-state index is 11.6. The summed E-state index contributed by atoms with van der Waals surface area (Å²) in [4.78, 5) is 11.6. The van der Waals surface area contributed by atoms with E-state index in [-0.39, 0.29) is 12.5 Å². The van der Waals surface area contributed by atoms with Crippen molar-refractivity contribution in [3.05, 3.63) is 61.6 Å². The van der Waals surface area contributed by atoms with Crippen molar-refractivity contribution >= 4 is 57.9 Å². The van der Waals surface area contributed by atoms with E-state index in [1.165, 1.54) is 0 Å². The summed E-state index contributed by atoms with van der Waals surface area (Å²) in [6.07, 6.45) is 1.56. The molecule has 0 atom stereocenters. The highest BCUT2D eigenvalue weighted by Crippen LogP contribution is 2.27. The Morgan fingerprint density at radius 2 is 2.09 bits per heavy atom. The van der Waals surface area contributed by atoms with Crippen LogP contribution in [-0.2, 0) is 4.79 Å². The maximum atomic E-state index is 11.6. The Morgan fingerprint density at radius 3 is 2.82 bits per heavy atom. The van der Waals surface area contributed by atoms with Crippen LogP contribution in [0.15, 0.2) is 47.6 Å². The van der Waals surface area contributed by atoms with Crippen molar-refractivity contribution < 1.29 is 9.53 Å². The van der Waals surface area contributed by atoms with Crippen molar-refractivity contribution in [2.45, 2.75) is 0 Å². The minimum atomic E-state index is -0.382. The van der Waals surface area contributed by atoms with E-state index in [2.05, 4.69) is 33.1 Å². The van der Waals surface area contributed by atoms with Gasteiger partial charge in [0.05, 0.1) is 11.2 Å². The number of hydrazone groups is 1. The van der Waals surface area contributed by atoms with Gasteiger partial charge in [0.1, 0.15) is 5.75 Å². The molecule has 7 heteroatoms. The molecule has 0 bridgehead atoms. The predicted octanol–water partition coefficient (Wildman–Crippen LogP) is 4.13. The average molecular weight is 449 g/mol. The van der Waals surface area contributed by atoms with Gasteiger partial charge >= 0.3 is 0 Å². The van der Waals surface area contributed by atoms with Gasteiger partial charge in [-0.3, -0.25) is 4.79 Å². The summed E-state index contributed by atoms with van der Waals surface area (Å²) in [5, 5.41) is 4.72. The molecule has 0 fully saturated rings. The van der Waals surface area contributed by atoms with Gasteiger partial charge in [0.25, 0.3) is 5.91 Å². The first-order valence-corrected chi connectivity index (χ1v) is 8.03. The molecule has 2 aromatic rings. The Hall–Kier alpha value is -1.31. The third-order valence-electron chi connectivity index (χ3n) is 2.50. The minimum Gasteiger partial charge on any atom is -0.482 e. The molecular weight excluding hydrogens is 438 g/mol. The van der Waals surface area contributed by atoms with Crippen LogP contribution in [0, 0.1) is 3.57 Å². The lowest BCUT2D eigenvalue weighted by molar-refractivity contribution is -0.123. The summed E-state index contributed by atoms with van der Waals surface area (Å²) in [5.41, 5.74) is 3.28. The second kappa shape index (κ2) is 8.36. The summed E-state index contributed by atoms with van der Waals surface area (Å²) < 4.78 is 6.39. The fraction of sp³-hybridized carbons (Fsp3) is 0.0667. The molecule has 1 amide bonds. The fourth-order valence-corrected chi connectivity index (χ4v) is 2.56. The van der Waals surface area contributed by atoms with Gasteiger partial charge < -0.3 is 4.74 Å². The first kappa shape index (κ1) is 17.1. The molecule has 0 spiro atoms. The van der Waals surface area contributed by atoms with E-state index < -0.39 is 0 Å². The number of rotatable bonds is 5. The molecule has 0 saturated heterocycles. The number of carbonyl (C=O) groups excluding carboxylic acids is 1. The molecule has 2 rings (SSSR count). The number of nitrogens with one attached hydrogen (secondary N) is 1. The van der Waals surface area contributed by atoms with Gasteiger partial charge in [-0.05, 0) is 58.5 Å². The molecule has 0 aliphatic carbocycles. The summed E-state index contributed by atoms with van der Waals surface area (Å²) >= 11 is 13.9. The lowest BCUT2D eigenvalue weighted by Gasteiger charge is -2.06. The molecule has 4 nitrogen and oxygen atoms in total. The number of nitrogens with zero attached hydrogens (tertiary/aromatic N) is 1. The first-order chi connectivity index (χ1) is 10.5. The van der Waals surface area contributed by atoms with E-state index in [0.717, 1.165) is 9.13 Å². The lowest BCUT2D eigenvalue weighted by Crippen LogP contribution is -2.24. The van der Waals surface area contributed by atoms with Crippen molar-refractivity contribution in [1.82, 2.24) is 5.43 Å². The van der Waals surface area contributed by atoms with Crippen molar-refractivity contribution in [3.63, 3.8) is 0 Å². The highest BCUT2D eigenvalue weighted by atomic mass is 127. The molecule has 0 aliphatic heterocycles. The number of ether oxygens (including phenoxy) is 1.